The second-order valence-electron chi connectivity index (χ2n) is 9.73. The van der Waals surface area contributed by atoms with Gasteiger partial charge in [0.25, 0.3) is 0 Å². The van der Waals surface area contributed by atoms with Crippen LogP contribution < -0.4 is 9.47 Å². The van der Waals surface area contributed by atoms with Gasteiger partial charge in [0.05, 0.1) is 56.9 Å². The lowest BCUT2D eigenvalue weighted by atomic mass is 10.2. The maximum Gasteiger partial charge on any atom is 0.220 e. The van der Waals surface area contributed by atoms with Gasteiger partial charge in [-0.3, -0.25) is 0 Å². The Bertz CT molecular complexity index is 1000. The molecule has 2 aromatic carbocycles. The largest absolute Gasteiger partial charge is 0.475 e. The first-order valence-corrected chi connectivity index (χ1v) is 13.4. The summed E-state index contributed by atoms with van der Waals surface area (Å²) in [5.41, 5.74) is 2.33. The highest BCUT2D eigenvalue weighted by Gasteiger charge is 2.27. The molecule has 2 saturated heterocycles. The fraction of sp³-hybridized carbons (Fsp3) is 0.467. The molecule has 202 valence electrons. The first-order valence-electron chi connectivity index (χ1n) is 13.4. The van der Waals surface area contributed by atoms with E-state index in [9.17, 15) is 0 Å². The quantitative estimate of drug-likeness (QED) is 0.301. The summed E-state index contributed by atoms with van der Waals surface area (Å²) in [4.78, 5) is 8.42. The predicted octanol–water partition coefficient (Wildman–Crippen LogP) is 4.76. The number of ether oxygens (including phenoxy) is 6. The van der Waals surface area contributed by atoms with Gasteiger partial charge in [-0.1, -0.05) is 60.7 Å². The van der Waals surface area contributed by atoms with Crippen LogP contribution in [0.5, 0.6) is 11.8 Å². The molecule has 0 N–H and O–H groups in total. The van der Waals surface area contributed by atoms with Crippen LogP contribution in [0.15, 0.2) is 73.1 Å². The average molecular weight is 521 g/mol. The van der Waals surface area contributed by atoms with Crippen molar-refractivity contribution in [1.82, 2.24) is 9.97 Å². The summed E-state index contributed by atoms with van der Waals surface area (Å²) < 4.78 is 35.6. The Labute approximate surface area is 224 Å². The first kappa shape index (κ1) is 26.6. The van der Waals surface area contributed by atoms with Crippen molar-refractivity contribution in [2.75, 3.05) is 26.4 Å². The van der Waals surface area contributed by atoms with E-state index in [1.807, 2.05) is 36.4 Å². The molecule has 2 aliphatic rings. The van der Waals surface area contributed by atoms with Crippen LogP contribution in [0.25, 0.3) is 0 Å². The third kappa shape index (κ3) is 8.49. The lowest BCUT2D eigenvalue weighted by Gasteiger charge is -2.16. The van der Waals surface area contributed by atoms with E-state index in [1.165, 1.54) is 17.5 Å². The normalized spacial score (nSPS) is 22.9. The molecule has 2 aliphatic heterocycles. The molecule has 38 heavy (non-hydrogen) atoms. The minimum Gasteiger partial charge on any atom is -0.475 e. The standard InChI is InChI=1S/C30H36N2O6/c1-3-7-23(8-4-1)16-33-18-25-11-13-27(37-25)20-35-29-15-30(32-22-31-29)36-21-28-14-12-26(38-28)19-34-17-24-9-5-2-6-10-24/h1-10,15,22,25-28H,11-14,16-21H2/t25-,26+,27+,28-. The molecule has 8 heteroatoms. The SMILES string of the molecule is c1ccc(COC[C@H]2CC[C@@H](COc3cc(OC[C@H]4CC[C@@H](COCc5ccccc5)O4)ncn3)O2)cc1. The van der Waals surface area contributed by atoms with Gasteiger partial charge in [0.1, 0.15) is 19.5 Å². The van der Waals surface area contributed by atoms with Crippen LogP contribution in [0, 0.1) is 0 Å². The lowest BCUT2D eigenvalue weighted by molar-refractivity contribution is -0.0331. The Morgan fingerprint density at radius 1 is 0.579 bits per heavy atom. The summed E-state index contributed by atoms with van der Waals surface area (Å²) in [6.45, 7) is 3.23. The van der Waals surface area contributed by atoms with E-state index in [0.717, 1.165) is 25.7 Å². The monoisotopic (exact) mass is 520 g/mol. The van der Waals surface area contributed by atoms with Crippen molar-refractivity contribution in [2.45, 2.75) is 63.3 Å². The van der Waals surface area contributed by atoms with Gasteiger partial charge < -0.3 is 28.4 Å². The topological polar surface area (TPSA) is 81.2 Å². The zero-order valence-electron chi connectivity index (χ0n) is 21.7. The molecule has 1 aromatic heterocycles. The highest BCUT2D eigenvalue weighted by molar-refractivity contribution is 5.18. The van der Waals surface area contributed by atoms with Gasteiger partial charge in [-0.25, -0.2) is 9.97 Å². The number of hydrogen-bond donors (Lipinski definition) is 0. The van der Waals surface area contributed by atoms with Crippen molar-refractivity contribution in [3.63, 3.8) is 0 Å². The molecule has 5 rings (SSSR count). The Morgan fingerprint density at radius 2 is 1.00 bits per heavy atom. The maximum atomic E-state index is 6.08. The number of nitrogens with zero attached hydrogens (tertiary/aromatic N) is 2. The highest BCUT2D eigenvalue weighted by atomic mass is 16.6. The van der Waals surface area contributed by atoms with Gasteiger partial charge in [0, 0.05) is 0 Å². The van der Waals surface area contributed by atoms with Gasteiger partial charge in [0.15, 0.2) is 0 Å². The molecule has 0 radical (unpaired) electrons. The van der Waals surface area contributed by atoms with Crippen molar-refractivity contribution in [3.05, 3.63) is 84.2 Å². The molecular weight excluding hydrogens is 484 g/mol. The van der Waals surface area contributed by atoms with Crippen molar-refractivity contribution >= 4 is 0 Å². The zero-order chi connectivity index (χ0) is 25.8. The van der Waals surface area contributed by atoms with Crippen LogP contribution >= 0.6 is 0 Å². The lowest BCUT2D eigenvalue weighted by Crippen LogP contribution is -2.22. The molecule has 0 saturated carbocycles. The molecule has 8 nitrogen and oxygen atoms in total. The van der Waals surface area contributed by atoms with Crippen LogP contribution in [0.4, 0.5) is 0 Å². The molecule has 0 amide bonds. The van der Waals surface area contributed by atoms with Gasteiger partial charge in [-0.2, -0.15) is 0 Å². The number of aromatic nitrogens is 2. The molecule has 0 spiro atoms. The summed E-state index contributed by atoms with van der Waals surface area (Å²) in [6, 6.07) is 22.0. The van der Waals surface area contributed by atoms with Crippen LogP contribution in [-0.2, 0) is 32.2 Å². The molecule has 0 unspecified atom stereocenters. The van der Waals surface area contributed by atoms with E-state index in [0.29, 0.717) is 51.4 Å². The van der Waals surface area contributed by atoms with Crippen LogP contribution in [0.1, 0.15) is 36.8 Å². The number of rotatable bonds is 14. The van der Waals surface area contributed by atoms with E-state index >= 15 is 0 Å². The van der Waals surface area contributed by atoms with Gasteiger partial charge >= 0.3 is 0 Å². The third-order valence-electron chi connectivity index (χ3n) is 6.67. The maximum absolute atomic E-state index is 6.08. The Kier molecular flexibility index (Phi) is 9.93. The minimum atomic E-state index is 0.0209. The van der Waals surface area contributed by atoms with Crippen molar-refractivity contribution in [2.24, 2.45) is 0 Å². The molecular formula is C30H36N2O6. The second-order valence-corrected chi connectivity index (χ2v) is 9.73. The molecule has 0 bridgehead atoms. The van der Waals surface area contributed by atoms with Crippen molar-refractivity contribution in [1.29, 1.82) is 0 Å². The summed E-state index contributed by atoms with van der Waals surface area (Å²) >= 11 is 0. The van der Waals surface area contributed by atoms with E-state index in [-0.39, 0.29) is 24.4 Å². The Balaban J connectivity index is 0.958. The molecule has 2 fully saturated rings. The molecule has 3 heterocycles. The predicted molar refractivity (Wildman–Crippen MR) is 141 cm³/mol. The zero-order valence-corrected chi connectivity index (χ0v) is 21.7. The summed E-state index contributed by atoms with van der Waals surface area (Å²) in [5.74, 6) is 0.948. The average Bonchev–Trinajstić information content (AvgIpc) is 3.62. The summed E-state index contributed by atoms with van der Waals surface area (Å²) in [5, 5.41) is 0. The van der Waals surface area contributed by atoms with Crippen LogP contribution in [0.2, 0.25) is 0 Å². The van der Waals surface area contributed by atoms with Gasteiger partial charge in [-0.15, -0.1) is 0 Å². The first-order chi connectivity index (χ1) is 18.8. The van der Waals surface area contributed by atoms with Crippen LogP contribution in [0.3, 0.4) is 0 Å². The van der Waals surface area contributed by atoms with E-state index in [1.54, 1.807) is 6.07 Å². The highest BCUT2D eigenvalue weighted by Crippen LogP contribution is 2.24. The van der Waals surface area contributed by atoms with Gasteiger partial charge in [0.2, 0.25) is 11.8 Å². The number of benzene rings is 2. The smallest absolute Gasteiger partial charge is 0.220 e. The van der Waals surface area contributed by atoms with Gasteiger partial charge in [-0.05, 0) is 36.8 Å². The van der Waals surface area contributed by atoms with E-state index in [4.69, 9.17) is 28.4 Å². The van der Waals surface area contributed by atoms with Crippen molar-refractivity contribution in [3.8, 4) is 11.8 Å². The van der Waals surface area contributed by atoms with Crippen molar-refractivity contribution < 1.29 is 28.4 Å². The summed E-state index contributed by atoms with van der Waals surface area (Å²) in [6.07, 6.45) is 5.47. The van der Waals surface area contributed by atoms with E-state index < -0.39 is 0 Å². The molecule has 4 atom stereocenters. The Morgan fingerprint density at radius 3 is 1.45 bits per heavy atom. The fourth-order valence-corrected chi connectivity index (χ4v) is 4.65. The minimum absolute atomic E-state index is 0.0209. The molecule has 0 aliphatic carbocycles. The summed E-state index contributed by atoms with van der Waals surface area (Å²) in [7, 11) is 0. The third-order valence-corrected chi connectivity index (χ3v) is 6.67. The van der Waals surface area contributed by atoms with Crippen LogP contribution in [-0.4, -0.2) is 60.8 Å². The van der Waals surface area contributed by atoms with E-state index in [2.05, 4.69) is 34.2 Å². The molecule has 3 aromatic rings. The number of hydrogen-bond acceptors (Lipinski definition) is 8. The Hall–Kier alpha value is -3.04. The second kappa shape index (κ2) is 14.2. The fourth-order valence-electron chi connectivity index (χ4n) is 4.65.